The van der Waals surface area contributed by atoms with Gasteiger partial charge < -0.3 is 4.90 Å². The first-order valence-corrected chi connectivity index (χ1v) is 10.7. The molecule has 6 heteroatoms. The van der Waals surface area contributed by atoms with Crippen LogP contribution in [0.4, 0.5) is 5.69 Å². The van der Waals surface area contributed by atoms with E-state index in [0.717, 1.165) is 23.8 Å². The molecule has 1 atom stereocenters. The van der Waals surface area contributed by atoms with Crippen molar-refractivity contribution in [3.8, 4) is 0 Å². The van der Waals surface area contributed by atoms with Gasteiger partial charge in [-0.3, -0.25) is 15.1 Å². The smallest absolute Gasteiger partial charge is 0.224 e. The van der Waals surface area contributed by atoms with E-state index in [-0.39, 0.29) is 11.3 Å². The molecule has 3 aliphatic rings. The number of amidine groups is 1. The molecule has 1 saturated heterocycles. The van der Waals surface area contributed by atoms with Crippen molar-refractivity contribution in [2.45, 2.75) is 25.3 Å². The van der Waals surface area contributed by atoms with Crippen LogP contribution in [-0.4, -0.2) is 29.4 Å². The number of anilines is 1. The first kappa shape index (κ1) is 17.4. The Kier molecular flexibility index (Phi) is 3.98. The number of hydrogen-bond acceptors (Lipinski definition) is 5. The van der Waals surface area contributed by atoms with Gasteiger partial charge >= 0.3 is 0 Å². The van der Waals surface area contributed by atoms with Crippen LogP contribution in [0.15, 0.2) is 70.4 Å². The van der Waals surface area contributed by atoms with Gasteiger partial charge in [-0.15, -0.1) is 11.8 Å². The molecular formula is C22H22N4OS. The maximum atomic E-state index is 12.3. The number of fused-ring (bicyclic) bond motifs is 1. The molecule has 142 valence electrons. The fourth-order valence-corrected chi connectivity index (χ4v) is 5.38. The van der Waals surface area contributed by atoms with Gasteiger partial charge in [0.05, 0.1) is 5.70 Å². The summed E-state index contributed by atoms with van der Waals surface area (Å²) < 4.78 is 0. The van der Waals surface area contributed by atoms with Gasteiger partial charge in [0.15, 0.2) is 0 Å². The molecule has 0 aliphatic carbocycles. The number of para-hydroxylation sites is 1. The van der Waals surface area contributed by atoms with Crippen molar-refractivity contribution in [1.29, 1.82) is 0 Å². The van der Waals surface area contributed by atoms with E-state index in [1.807, 2.05) is 11.0 Å². The predicted molar refractivity (Wildman–Crippen MR) is 114 cm³/mol. The molecule has 28 heavy (non-hydrogen) atoms. The number of nitrogens with zero attached hydrogens (tertiary/aromatic N) is 3. The van der Waals surface area contributed by atoms with Gasteiger partial charge in [-0.25, -0.2) is 0 Å². The molecule has 0 aromatic heterocycles. The van der Waals surface area contributed by atoms with Crippen molar-refractivity contribution in [3.63, 3.8) is 0 Å². The number of amides is 1. The summed E-state index contributed by atoms with van der Waals surface area (Å²) in [6.45, 7) is 3.10. The topological polar surface area (TPSA) is 47.9 Å². The largest absolute Gasteiger partial charge is 0.337 e. The molecule has 5 rings (SSSR count). The Bertz CT molecular complexity index is 1020. The molecule has 2 aromatic carbocycles. The number of rotatable bonds is 3. The summed E-state index contributed by atoms with van der Waals surface area (Å²) in [7, 11) is 0. The Morgan fingerprint density at radius 2 is 1.93 bits per heavy atom. The van der Waals surface area contributed by atoms with Crippen LogP contribution in [0.25, 0.3) is 0 Å². The SMILES string of the molecule is CSC1=C2N(Cc3ccccc3)c3ccccc3[C@@]23CCN(C(C)=O)C3=NN1. The van der Waals surface area contributed by atoms with Gasteiger partial charge in [0.25, 0.3) is 0 Å². The Labute approximate surface area is 169 Å². The lowest BCUT2D eigenvalue weighted by Gasteiger charge is -2.35. The number of hydrogen-bond donors (Lipinski definition) is 1. The summed E-state index contributed by atoms with van der Waals surface area (Å²) in [5.74, 6) is 0.874. The number of carbonyl (C=O) groups excluding carboxylic acids is 1. The van der Waals surface area contributed by atoms with Gasteiger partial charge in [-0.05, 0) is 29.9 Å². The minimum atomic E-state index is -0.360. The van der Waals surface area contributed by atoms with Crippen LogP contribution >= 0.6 is 11.8 Å². The molecule has 0 saturated carbocycles. The number of benzene rings is 2. The number of carbonyl (C=O) groups is 1. The highest BCUT2D eigenvalue weighted by atomic mass is 32.2. The van der Waals surface area contributed by atoms with Gasteiger partial charge in [0.1, 0.15) is 16.3 Å². The highest BCUT2D eigenvalue weighted by Crippen LogP contribution is 2.56. The van der Waals surface area contributed by atoms with Crippen LogP contribution in [-0.2, 0) is 16.8 Å². The van der Waals surface area contributed by atoms with E-state index < -0.39 is 0 Å². The third kappa shape index (κ3) is 2.27. The molecule has 5 nitrogen and oxygen atoms in total. The van der Waals surface area contributed by atoms with Crippen molar-refractivity contribution >= 4 is 29.2 Å². The lowest BCUT2D eigenvalue weighted by atomic mass is 9.77. The van der Waals surface area contributed by atoms with E-state index in [4.69, 9.17) is 0 Å². The van der Waals surface area contributed by atoms with Crippen LogP contribution in [0.5, 0.6) is 0 Å². The van der Waals surface area contributed by atoms with Crippen LogP contribution in [0.1, 0.15) is 24.5 Å². The van der Waals surface area contributed by atoms with E-state index in [1.165, 1.54) is 22.5 Å². The highest BCUT2D eigenvalue weighted by Gasteiger charge is 2.59. The Hall–Kier alpha value is -2.73. The summed E-state index contributed by atoms with van der Waals surface area (Å²) in [4.78, 5) is 16.5. The Morgan fingerprint density at radius 3 is 2.68 bits per heavy atom. The molecule has 3 aliphatic heterocycles. The fourth-order valence-electron chi connectivity index (χ4n) is 4.76. The lowest BCUT2D eigenvalue weighted by molar-refractivity contribution is -0.124. The normalized spacial score (nSPS) is 22.4. The first-order valence-electron chi connectivity index (χ1n) is 9.49. The zero-order valence-corrected chi connectivity index (χ0v) is 16.8. The molecule has 1 N–H and O–H groups in total. The number of thioether (sulfide) groups is 1. The first-order chi connectivity index (χ1) is 13.7. The quantitative estimate of drug-likeness (QED) is 0.869. The summed E-state index contributed by atoms with van der Waals surface area (Å²) in [6, 6.07) is 19.1. The van der Waals surface area contributed by atoms with Gasteiger partial charge in [-0.2, -0.15) is 5.10 Å². The van der Waals surface area contributed by atoms with Crippen LogP contribution in [0.3, 0.4) is 0 Å². The fraction of sp³-hybridized carbons (Fsp3) is 0.273. The Balaban J connectivity index is 1.72. The maximum Gasteiger partial charge on any atom is 0.224 e. The van der Waals surface area contributed by atoms with E-state index >= 15 is 0 Å². The van der Waals surface area contributed by atoms with Crippen LogP contribution in [0.2, 0.25) is 0 Å². The summed E-state index contributed by atoms with van der Waals surface area (Å²) in [6.07, 6.45) is 2.93. The van der Waals surface area contributed by atoms with E-state index in [9.17, 15) is 4.79 Å². The van der Waals surface area contributed by atoms with Gasteiger partial charge in [0, 0.05) is 25.7 Å². The van der Waals surface area contributed by atoms with Crippen molar-refractivity contribution in [3.05, 3.63) is 76.5 Å². The molecular weight excluding hydrogens is 368 g/mol. The minimum Gasteiger partial charge on any atom is -0.337 e. The molecule has 0 bridgehead atoms. The average molecular weight is 391 g/mol. The molecule has 3 heterocycles. The highest BCUT2D eigenvalue weighted by molar-refractivity contribution is 8.02. The lowest BCUT2D eigenvalue weighted by Crippen LogP contribution is -2.46. The number of hydrazone groups is 1. The molecule has 1 spiro atoms. The molecule has 2 aromatic rings. The molecule has 0 unspecified atom stereocenters. The second kappa shape index (κ2) is 6.41. The second-order valence-electron chi connectivity index (χ2n) is 7.34. The van der Waals surface area contributed by atoms with Gasteiger partial charge in [-0.1, -0.05) is 48.5 Å². The molecule has 0 radical (unpaired) electrons. The number of nitrogens with one attached hydrogen (secondary N) is 1. The summed E-state index contributed by atoms with van der Waals surface area (Å²) in [5, 5.41) is 5.74. The standard InChI is InChI=1S/C22H22N4OS/c1-15(27)25-13-12-22-17-10-6-7-11-18(17)26(14-16-8-4-3-5-9-16)19(22)20(28-2)23-24-21(22)25/h3-11,23H,12-14H2,1-2H3/t22-/m0/s1. The average Bonchev–Trinajstić information content (AvgIpc) is 3.25. The molecule has 1 amide bonds. The van der Waals surface area contributed by atoms with E-state index in [1.54, 1.807) is 18.7 Å². The van der Waals surface area contributed by atoms with Crippen LogP contribution < -0.4 is 10.3 Å². The van der Waals surface area contributed by atoms with E-state index in [2.05, 4.69) is 70.2 Å². The zero-order valence-electron chi connectivity index (χ0n) is 16.0. The zero-order chi connectivity index (χ0) is 19.3. The van der Waals surface area contributed by atoms with Gasteiger partial charge in [0.2, 0.25) is 5.91 Å². The predicted octanol–water partition coefficient (Wildman–Crippen LogP) is 3.65. The van der Waals surface area contributed by atoms with Crippen molar-refractivity contribution in [2.75, 3.05) is 17.7 Å². The minimum absolute atomic E-state index is 0.0448. The van der Waals surface area contributed by atoms with E-state index in [0.29, 0.717) is 6.54 Å². The summed E-state index contributed by atoms with van der Waals surface area (Å²) in [5.41, 5.74) is 7.80. The monoisotopic (exact) mass is 390 g/mol. The Morgan fingerprint density at radius 1 is 1.18 bits per heavy atom. The van der Waals surface area contributed by atoms with Crippen molar-refractivity contribution in [1.82, 2.24) is 10.3 Å². The maximum absolute atomic E-state index is 12.3. The summed E-state index contributed by atoms with van der Waals surface area (Å²) >= 11 is 1.68. The third-order valence-corrected chi connectivity index (χ3v) is 6.62. The van der Waals surface area contributed by atoms with Crippen molar-refractivity contribution < 1.29 is 4.79 Å². The second-order valence-corrected chi connectivity index (χ2v) is 8.16. The number of likely N-dealkylation sites (tertiary alicyclic amines) is 1. The molecule has 1 fully saturated rings. The van der Waals surface area contributed by atoms with Crippen LogP contribution in [0, 0.1) is 0 Å². The van der Waals surface area contributed by atoms with Crippen molar-refractivity contribution in [2.24, 2.45) is 5.10 Å². The third-order valence-electron chi connectivity index (χ3n) is 5.92.